The minimum atomic E-state index is -0.387. The van der Waals surface area contributed by atoms with Crippen molar-refractivity contribution < 1.29 is 14.3 Å². The van der Waals surface area contributed by atoms with Crippen LogP contribution in [0.5, 0.6) is 0 Å². The molecule has 0 unspecified atom stereocenters. The SMILES string of the molecule is Cc1ccc(F)cc1NC(=O)NCC(C)(C)CCO. The number of halogens is 1. The fourth-order valence-electron chi connectivity index (χ4n) is 1.61. The van der Waals surface area contributed by atoms with Gasteiger partial charge >= 0.3 is 6.03 Å². The lowest BCUT2D eigenvalue weighted by Gasteiger charge is -2.24. The quantitative estimate of drug-likeness (QED) is 0.769. The van der Waals surface area contributed by atoms with Crippen LogP contribution >= 0.6 is 0 Å². The summed E-state index contributed by atoms with van der Waals surface area (Å²) in [6, 6.07) is 3.87. The molecular formula is C14H21FN2O2. The highest BCUT2D eigenvalue weighted by atomic mass is 19.1. The first kappa shape index (κ1) is 15.4. The van der Waals surface area contributed by atoms with Gasteiger partial charge in [0.1, 0.15) is 5.82 Å². The molecular weight excluding hydrogens is 247 g/mol. The lowest BCUT2D eigenvalue weighted by Crippen LogP contribution is -2.37. The molecule has 5 heteroatoms. The molecule has 0 aliphatic heterocycles. The number of aryl methyl sites for hydroxylation is 1. The fourth-order valence-corrected chi connectivity index (χ4v) is 1.61. The number of nitrogens with one attached hydrogen (secondary N) is 2. The number of urea groups is 1. The van der Waals surface area contributed by atoms with Crippen molar-refractivity contribution in [1.82, 2.24) is 5.32 Å². The van der Waals surface area contributed by atoms with Crippen LogP contribution in [0.2, 0.25) is 0 Å². The molecule has 19 heavy (non-hydrogen) atoms. The molecule has 1 rings (SSSR count). The first-order valence-corrected chi connectivity index (χ1v) is 6.26. The molecule has 106 valence electrons. The van der Waals surface area contributed by atoms with E-state index in [1.54, 1.807) is 13.0 Å². The molecule has 0 bridgehead atoms. The first-order chi connectivity index (χ1) is 8.84. The molecule has 0 fully saturated rings. The number of carbonyl (C=O) groups excluding carboxylic acids is 1. The lowest BCUT2D eigenvalue weighted by molar-refractivity contribution is 0.204. The number of rotatable bonds is 5. The highest BCUT2D eigenvalue weighted by Gasteiger charge is 2.18. The number of aliphatic hydroxyl groups excluding tert-OH is 1. The second-order valence-electron chi connectivity index (χ2n) is 5.40. The maximum Gasteiger partial charge on any atom is 0.319 e. The summed E-state index contributed by atoms with van der Waals surface area (Å²) < 4.78 is 13.1. The summed E-state index contributed by atoms with van der Waals surface area (Å²) in [5, 5.41) is 14.2. The van der Waals surface area contributed by atoms with E-state index in [1.165, 1.54) is 12.1 Å². The third kappa shape index (κ3) is 5.26. The summed E-state index contributed by atoms with van der Waals surface area (Å²) >= 11 is 0. The van der Waals surface area contributed by atoms with Gasteiger partial charge < -0.3 is 15.7 Å². The fraction of sp³-hybridized carbons (Fsp3) is 0.500. The molecule has 0 aliphatic carbocycles. The summed E-state index contributed by atoms with van der Waals surface area (Å²) in [6.07, 6.45) is 0.603. The van der Waals surface area contributed by atoms with Gasteiger partial charge in [0.15, 0.2) is 0 Å². The Hall–Kier alpha value is -1.62. The van der Waals surface area contributed by atoms with Gasteiger partial charge in [0.05, 0.1) is 0 Å². The molecule has 0 saturated heterocycles. The van der Waals surface area contributed by atoms with E-state index >= 15 is 0 Å². The van der Waals surface area contributed by atoms with Crippen molar-refractivity contribution >= 4 is 11.7 Å². The zero-order valence-electron chi connectivity index (χ0n) is 11.6. The average molecular weight is 268 g/mol. The van der Waals surface area contributed by atoms with Crippen LogP contribution in [-0.2, 0) is 0 Å². The predicted octanol–water partition coefficient (Wildman–Crippen LogP) is 2.66. The predicted molar refractivity (Wildman–Crippen MR) is 73.6 cm³/mol. The standard InChI is InChI=1S/C14H21FN2O2/c1-10-4-5-11(15)8-12(10)17-13(19)16-9-14(2,3)6-7-18/h4-5,8,18H,6-7,9H2,1-3H3,(H2,16,17,19). The van der Waals surface area contributed by atoms with Gasteiger partial charge in [-0.15, -0.1) is 0 Å². The van der Waals surface area contributed by atoms with Gasteiger partial charge in [-0.3, -0.25) is 0 Å². The molecule has 0 radical (unpaired) electrons. The number of carbonyl (C=O) groups is 1. The Labute approximate surface area is 113 Å². The van der Waals surface area contributed by atoms with Gasteiger partial charge in [0, 0.05) is 18.8 Å². The molecule has 2 amide bonds. The largest absolute Gasteiger partial charge is 0.396 e. The summed E-state index contributed by atoms with van der Waals surface area (Å²) in [5.41, 5.74) is 1.08. The Morgan fingerprint density at radius 1 is 1.42 bits per heavy atom. The van der Waals surface area contributed by atoms with Crippen molar-refractivity contribution in [2.24, 2.45) is 5.41 Å². The maximum atomic E-state index is 13.1. The molecule has 0 saturated carbocycles. The molecule has 3 N–H and O–H groups in total. The first-order valence-electron chi connectivity index (χ1n) is 6.26. The Morgan fingerprint density at radius 2 is 2.11 bits per heavy atom. The van der Waals surface area contributed by atoms with Crippen LogP contribution in [0.4, 0.5) is 14.9 Å². The smallest absolute Gasteiger partial charge is 0.319 e. The van der Waals surface area contributed by atoms with Crippen molar-refractivity contribution in [2.45, 2.75) is 27.2 Å². The number of benzene rings is 1. The summed E-state index contributed by atoms with van der Waals surface area (Å²) in [5.74, 6) is -0.387. The van der Waals surface area contributed by atoms with Crippen molar-refractivity contribution in [1.29, 1.82) is 0 Å². The molecule has 4 nitrogen and oxygen atoms in total. The van der Waals surface area contributed by atoms with E-state index in [0.717, 1.165) is 5.56 Å². The Balaban J connectivity index is 2.54. The minimum absolute atomic E-state index is 0.0826. The van der Waals surface area contributed by atoms with E-state index in [4.69, 9.17) is 5.11 Å². The van der Waals surface area contributed by atoms with Crippen molar-refractivity contribution in [3.05, 3.63) is 29.6 Å². The van der Waals surface area contributed by atoms with E-state index in [2.05, 4.69) is 10.6 Å². The molecule has 0 aromatic heterocycles. The number of hydrogen-bond acceptors (Lipinski definition) is 2. The Morgan fingerprint density at radius 3 is 2.74 bits per heavy atom. The van der Waals surface area contributed by atoms with Crippen molar-refractivity contribution in [3.63, 3.8) is 0 Å². The zero-order valence-corrected chi connectivity index (χ0v) is 11.6. The van der Waals surface area contributed by atoms with Gasteiger partial charge in [-0.2, -0.15) is 0 Å². The van der Waals surface area contributed by atoms with Crippen LogP contribution in [0.25, 0.3) is 0 Å². The molecule has 0 atom stereocenters. The minimum Gasteiger partial charge on any atom is -0.396 e. The van der Waals surface area contributed by atoms with Gasteiger partial charge in [-0.05, 0) is 36.5 Å². The van der Waals surface area contributed by atoms with E-state index in [1.807, 2.05) is 13.8 Å². The molecule has 0 aliphatic rings. The van der Waals surface area contributed by atoms with Gasteiger partial charge in [0.25, 0.3) is 0 Å². The van der Waals surface area contributed by atoms with Crippen molar-refractivity contribution in [3.8, 4) is 0 Å². The summed E-state index contributed by atoms with van der Waals surface area (Å²) in [4.78, 5) is 11.7. The highest BCUT2D eigenvalue weighted by Crippen LogP contribution is 2.19. The van der Waals surface area contributed by atoms with E-state index in [-0.39, 0.29) is 23.9 Å². The molecule has 0 heterocycles. The van der Waals surface area contributed by atoms with Crippen LogP contribution in [0.15, 0.2) is 18.2 Å². The molecule has 1 aromatic rings. The van der Waals surface area contributed by atoms with E-state index in [9.17, 15) is 9.18 Å². The van der Waals surface area contributed by atoms with Crippen LogP contribution in [-0.4, -0.2) is 24.3 Å². The van der Waals surface area contributed by atoms with Crippen LogP contribution in [0.1, 0.15) is 25.8 Å². The number of hydrogen-bond donors (Lipinski definition) is 3. The van der Waals surface area contributed by atoms with E-state index in [0.29, 0.717) is 18.7 Å². The van der Waals surface area contributed by atoms with Gasteiger partial charge in [-0.25, -0.2) is 9.18 Å². The third-order valence-electron chi connectivity index (χ3n) is 2.96. The van der Waals surface area contributed by atoms with Gasteiger partial charge in [-0.1, -0.05) is 19.9 Å². The number of amides is 2. The average Bonchev–Trinajstić information content (AvgIpc) is 2.31. The molecule has 0 spiro atoms. The monoisotopic (exact) mass is 268 g/mol. The lowest BCUT2D eigenvalue weighted by atomic mass is 9.90. The van der Waals surface area contributed by atoms with Gasteiger partial charge in [0.2, 0.25) is 0 Å². The number of aliphatic hydroxyl groups is 1. The van der Waals surface area contributed by atoms with Crippen LogP contribution in [0, 0.1) is 18.2 Å². The van der Waals surface area contributed by atoms with Crippen LogP contribution in [0.3, 0.4) is 0 Å². The summed E-state index contributed by atoms with van der Waals surface area (Å²) in [7, 11) is 0. The van der Waals surface area contributed by atoms with Crippen LogP contribution < -0.4 is 10.6 Å². The summed E-state index contributed by atoms with van der Waals surface area (Å²) in [6.45, 7) is 6.23. The second-order valence-corrected chi connectivity index (χ2v) is 5.40. The second kappa shape index (κ2) is 6.52. The molecule has 1 aromatic carbocycles. The third-order valence-corrected chi connectivity index (χ3v) is 2.96. The normalized spacial score (nSPS) is 11.2. The highest BCUT2D eigenvalue weighted by molar-refractivity contribution is 5.90. The zero-order chi connectivity index (χ0) is 14.5. The number of anilines is 1. The maximum absolute atomic E-state index is 13.1. The van der Waals surface area contributed by atoms with Crippen molar-refractivity contribution in [2.75, 3.05) is 18.5 Å². The Bertz CT molecular complexity index is 447. The van der Waals surface area contributed by atoms with E-state index < -0.39 is 0 Å². The Kier molecular flexibility index (Phi) is 5.30. The topological polar surface area (TPSA) is 61.4 Å².